The van der Waals surface area contributed by atoms with Gasteiger partial charge in [0.25, 0.3) is 0 Å². The van der Waals surface area contributed by atoms with Crippen molar-refractivity contribution in [2.24, 2.45) is 0 Å². The highest BCUT2D eigenvalue weighted by Gasteiger charge is 2.10. The molecule has 0 aliphatic heterocycles. The Bertz CT molecular complexity index is 540. The summed E-state index contributed by atoms with van der Waals surface area (Å²) in [6.07, 6.45) is 8.92. The van der Waals surface area contributed by atoms with Gasteiger partial charge in [-0.3, -0.25) is 4.98 Å². The van der Waals surface area contributed by atoms with Crippen molar-refractivity contribution in [2.45, 2.75) is 19.9 Å². The fourth-order valence-electron chi connectivity index (χ4n) is 1.38. The van der Waals surface area contributed by atoms with Gasteiger partial charge in [0.15, 0.2) is 0 Å². The summed E-state index contributed by atoms with van der Waals surface area (Å²) in [7, 11) is 0. The molecule has 0 aromatic carbocycles. The first-order valence-corrected chi connectivity index (χ1v) is 6.13. The van der Waals surface area contributed by atoms with E-state index in [4.69, 9.17) is 6.42 Å². The number of nitrogens with one attached hydrogen (secondary N) is 1. The number of aromatic nitrogens is 2. The van der Waals surface area contributed by atoms with Crippen LogP contribution in [-0.4, -0.2) is 16.0 Å². The molecule has 0 saturated carbocycles. The van der Waals surface area contributed by atoms with Gasteiger partial charge in [0, 0.05) is 18.0 Å². The molecule has 0 saturated heterocycles. The van der Waals surface area contributed by atoms with Crippen molar-refractivity contribution in [3.8, 4) is 22.9 Å². The first-order valence-electron chi connectivity index (χ1n) is 5.31. The van der Waals surface area contributed by atoms with E-state index in [1.807, 2.05) is 32.2 Å². The minimum atomic E-state index is 0.0101. The molecule has 0 amide bonds. The Hall–Kier alpha value is -1.86. The lowest BCUT2D eigenvalue weighted by Gasteiger charge is -2.06. The van der Waals surface area contributed by atoms with E-state index in [0.29, 0.717) is 0 Å². The van der Waals surface area contributed by atoms with E-state index < -0.39 is 0 Å². The molecular weight excluding hydrogens is 230 g/mol. The molecule has 1 unspecified atom stereocenters. The molecule has 0 aliphatic carbocycles. The molecule has 0 radical (unpaired) electrons. The average molecular weight is 243 g/mol. The summed E-state index contributed by atoms with van der Waals surface area (Å²) in [5.41, 5.74) is 2.00. The molecule has 0 fully saturated rings. The number of pyridine rings is 1. The van der Waals surface area contributed by atoms with Crippen LogP contribution in [-0.2, 0) is 0 Å². The first kappa shape index (κ1) is 11.6. The summed E-state index contributed by atoms with van der Waals surface area (Å²) in [5, 5.41) is 5.23. The highest BCUT2D eigenvalue weighted by molar-refractivity contribution is 7.19. The van der Waals surface area contributed by atoms with Gasteiger partial charge in [-0.15, -0.1) is 6.42 Å². The zero-order valence-electron chi connectivity index (χ0n) is 9.77. The lowest BCUT2D eigenvalue weighted by atomic mass is 10.3. The SMILES string of the molecule is C#CC(C)Nc1sc(-c2cccnc2)nc1C. The van der Waals surface area contributed by atoms with Crippen LogP contribution in [0.15, 0.2) is 24.5 Å². The topological polar surface area (TPSA) is 37.8 Å². The van der Waals surface area contributed by atoms with Crippen LogP contribution in [0.5, 0.6) is 0 Å². The second-order valence-electron chi connectivity index (χ2n) is 3.71. The largest absolute Gasteiger partial charge is 0.362 e. The van der Waals surface area contributed by atoms with E-state index in [9.17, 15) is 0 Å². The number of terminal acetylenes is 1. The molecule has 1 N–H and O–H groups in total. The quantitative estimate of drug-likeness (QED) is 0.842. The summed E-state index contributed by atoms with van der Waals surface area (Å²) < 4.78 is 0. The third-order valence-corrected chi connectivity index (χ3v) is 3.44. The Morgan fingerprint density at radius 3 is 3.00 bits per heavy atom. The second kappa shape index (κ2) is 4.98. The third kappa shape index (κ3) is 2.63. The second-order valence-corrected chi connectivity index (χ2v) is 4.71. The maximum absolute atomic E-state index is 5.35. The number of nitrogens with zero attached hydrogens (tertiary/aromatic N) is 2. The van der Waals surface area contributed by atoms with Crippen molar-refractivity contribution in [1.82, 2.24) is 9.97 Å². The Morgan fingerprint density at radius 2 is 2.35 bits per heavy atom. The van der Waals surface area contributed by atoms with Crippen molar-refractivity contribution in [2.75, 3.05) is 5.32 Å². The summed E-state index contributed by atoms with van der Waals surface area (Å²) >= 11 is 1.60. The van der Waals surface area contributed by atoms with Crippen LogP contribution < -0.4 is 5.32 Å². The highest BCUT2D eigenvalue weighted by Crippen LogP contribution is 2.31. The Kier molecular flexibility index (Phi) is 3.40. The molecule has 0 aliphatic rings. The Morgan fingerprint density at radius 1 is 1.53 bits per heavy atom. The minimum absolute atomic E-state index is 0.0101. The number of thiazole rings is 1. The maximum atomic E-state index is 5.35. The number of anilines is 1. The van der Waals surface area contributed by atoms with E-state index in [1.54, 1.807) is 17.5 Å². The summed E-state index contributed by atoms with van der Waals surface area (Å²) in [4.78, 5) is 8.61. The van der Waals surface area contributed by atoms with Crippen LogP contribution in [0.3, 0.4) is 0 Å². The van der Waals surface area contributed by atoms with E-state index in [1.165, 1.54) is 0 Å². The zero-order valence-corrected chi connectivity index (χ0v) is 10.6. The number of aryl methyl sites for hydroxylation is 1. The van der Waals surface area contributed by atoms with Crippen LogP contribution in [0, 0.1) is 19.3 Å². The molecule has 2 rings (SSSR count). The first-order chi connectivity index (χ1) is 8.20. The Balaban J connectivity index is 2.29. The van der Waals surface area contributed by atoms with Gasteiger partial charge >= 0.3 is 0 Å². The molecule has 17 heavy (non-hydrogen) atoms. The van der Waals surface area contributed by atoms with Gasteiger partial charge < -0.3 is 5.32 Å². The van der Waals surface area contributed by atoms with Crippen LogP contribution in [0.4, 0.5) is 5.00 Å². The van der Waals surface area contributed by atoms with Gasteiger partial charge in [0.2, 0.25) is 0 Å². The molecule has 1 atom stereocenters. The van der Waals surface area contributed by atoms with Crippen molar-refractivity contribution in [1.29, 1.82) is 0 Å². The standard InChI is InChI=1S/C13H13N3S/c1-4-9(2)15-12-10(3)16-13(17-12)11-6-5-7-14-8-11/h1,5-9,15H,2-3H3. The third-order valence-electron chi connectivity index (χ3n) is 2.30. The van der Waals surface area contributed by atoms with Gasteiger partial charge in [-0.25, -0.2) is 4.98 Å². The molecule has 0 bridgehead atoms. The van der Waals surface area contributed by atoms with Crippen molar-refractivity contribution in [3.05, 3.63) is 30.2 Å². The van der Waals surface area contributed by atoms with E-state index >= 15 is 0 Å². The lowest BCUT2D eigenvalue weighted by Crippen LogP contribution is -2.11. The van der Waals surface area contributed by atoms with Crippen LogP contribution in [0.2, 0.25) is 0 Å². The summed E-state index contributed by atoms with van der Waals surface area (Å²) in [5.74, 6) is 2.65. The van der Waals surface area contributed by atoms with Crippen LogP contribution in [0.1, 0.15) is 12.6 Å². The smallest absolute Gasteiger partial charge is 0.127 e. The fraction of sp³-hybridized carbons (Fsp3) is 0.231. The zero-order chi connectivity index (χ0) is 12.3. The number of hydrogen-bond acceptors (Lipinski definition) is 4. The molecule has 3 nitrogen and oxygen atoms in total. The van der Waals surface area contributed by atoms with Crippen LogP contribution in [0.25, 0.3) is 10.6 Å². The van der Waals surface area contributed by atoms with Crippen molar-refractivity contribution in [3.63, 3.8) is 0 Å². The predicted molar refractivity (Wildman–Crippen MR) is 72.0 cm³/mol. The maximum Gasteiger partial charge on any atom is 0.127 e. The van der Waals surface area contributed by atoms with Gasteiger partial charge in [0.05, 0.1) is 11.7 Å². The molecule has 2 aromatic heterocycles. The summed E-state index contributed by atoms with van der Waals surface area (Å²) in [6.45, 7) is 3.92. The molecule has 2 heterocycles. The predicted octanol–water partition coefficient (Wildman–Crippen LogP) is 2.95. The molecule has 2 aromatic rings. The lowest BCUT2D eigenvalue weighted by molar-refractivity contribution is 1.03. The van der Waals surface area contributed by atoms with E-state index in [0.717, 1.165) is 21.3 Å². The summed E-state index contributed by atoms with van der Waals surface area (Å²) in [6, 6.07) is 3.92. The fourth-order valence-corrected chi connectivity index (χ4v) is 2.42. The highest BCUT2D eigenvalue weighted by atomic mass is 32.1. The molecule has 0 spiro atoms. The minimum Gasteiger partial charge on any atom is -0.362 e. The van der Waals surface area contributed by atoms with Crippen LogP contribution >= 0.6 is 11.3 Å². The average Bonchev–Trinajstić information content (AvgIpc) is 2.72. The normalized spacial score (nSPS) is 11.8. The van der Waals surface area contributed by atoms with Crippen molar-refractivity contribution >= 4 is 16.3 Å². The van der Waals surface area contributed by atoms with Gasteiger partial charge in [-0.1, -0.05) is 17.3 Å². The van der Waals surface area contributed by atoms with Gasteiger partial charge in [0.1, 0.15) is 10.0 Å². The van der Waals surface area contributed by atoms with Gasteiger partial charge in [-0.05, 0) is 26.0 Å². The number of rotatable bonds is 3. The van der Waals surface area contributed by atoms with E-state index in [2.05, 4.69) is 21.2 Å². The molecular formula is C13H13N3S. The molecule has 86 valence electrons. The van der Waals surface area contributed by atoms with Gasteiger partial charge in [-0.2, -0.15) is 0 Å². The van der Waals surface area contributed by atoms with Crippen molar-refractivity contribution < 1.29 is 0 Å². The Labute approximate surface area is 105 Å². The van der Waals surface area contributed by atoms with E-state index in [-0.39, 0.29) is 6.04 Å². The molecule has 4 heteroatoms. The monoisotopic (exact) mass is 243 g/mol. The number of hydrogen-bond donors (Lipinski definition) is 1.